The largest absolute Gasteiger partial charge is 0.313 e. The fourth-order valence-electron chi connectivity index (χ4n) is 1.54. The van der Waals surface area contributed by atoms with Crippen LogP contribution >= 0.6 is 0 Å². The second-order valence-corrected chi connectivity index (χ2v) is 3.07. The third-order valence-corrected chi connectivity index (χ3v) is 2.24. The monoisotopic (exact) mass is 181 g/mol. The summed E-state index contributed by atoms with van der Waals surface area (Å²) in [5, 5.41) is 7.66. The molecular formula is C10H19N3. The normalized spacial score (nSPS) is 10.7. The van der Waals surface area contributed by atoms with Gasteiger partial charge in [-0.3, -0.25) is 4.68 Å². The van der Waals surface area contributed by atoms with Crippen molar-refractivity contribution >= 4 is 0 Å². The van der Waals surface area contributed by atoms with Crippen LogP contribution in [0.25, 0.3) is 0 Å². The second-order valence-electron chi connectivity index (χ2n) is 3.07. The Labute approximate surface area is 80.1 Å². The third-order valence-electron chi connectivity index (χ3n) is 2.24. The van der Waals surface area contributed by atoms with Gasteiger partial charge in [-0.2, -0.15) is 5.10 Å². The Morgan fingerprint density at radius 2 is 2.15 bits per heavy atom. The molecule has 0 fully saturated rings. The van der Waals surface area contributed by atoms with Gasteiger partial charge in [-0.1, -0.05) is 13.8 Å². The first-order valence-electron chi connectivity index (χ1n) is 5.07. The van der Waals surface area contributed by atoms with Gasteiger partial charge in [0.15, 0.2) is 0 Å². The minimum Gasteiger partial charge on any atom is -0.313 e. The minimum atomic E-state index is 0.944. The summed E-state index contributed by atoms with van der Waals surface area (Å²) in [5.74, 6) is 0. The number of aromatic nitrogens is 2. The fourth-order valence-corrected chi connectivity index (χ4v) is 1.54. The summed E-state index contributed by atoms with van der Waals surface area (Å²) in [6, 6.07) is 0. The highest BCUT2D eigenvalue weighted by atomic mass is 15.3. The molecule has 0 aliphatic heterocycles. The highest BCUT2D eigenvalue weighted by molar-refractivity contribution is 5.17. The second kappa shape index (κ2) is 5.02. The van der Waals surface area contributed by atoms with Gasteiger partial charge in [-0.25, -0.2) is 0 Å². The van der Waals surface area contributed by atoms with Crippen molar-refractivity contribution in [3.8, 4) is 0 Å². The topological polar surface area (TPSA) is 29.9 Å². The maximum absolute atomic E-state index is 4.34. The van der Waals surface area contributed by atoms with Crippen LogP contribution in [0.1, 0.15) is 32.0 Å². The number of aryl methyl sites for hydroxylation is 1. The zero-order chi connectivity index (χ0) is 9.68. The lowest BCUT2D eigenvalue weighted by atomic mass is 10.2. The molecule has 13 heavy (non-hydrogen) atoms. The summed E-state index contributed by atoms with van der Waals surface area (Å²) >= 11 is 0. The summed E-state index contributed by atoms with van der Waals surface area (Å²) in [4.78, 5) is 0. The standard InChI is InChI=1S/C10H19N3/c1-4-10-9(7-11-5-2)8-12-13(10)6-3/h8,11H,4-7H2,1-3H3. The Morgan fingerprint density at radius 1 is 1.38 bits per heavy atom. The van der Waals surface area contributed by atoms with E-state index >= 15 is 0 Å². The molecule has 0 bridgehead atoms. The van der Waals surface area contributed by atoms with Crippen LogP contribution in [-0.2, 0) is 19.5 Å². The summed E-state index contributed by atoms with van der Waals surface area (Å²) in [6.07, 6.45) is 3.04. The third kappa shape index (κ3) is 2.31. The van der Waals surface area contributed by atoms with Crippen molar-refractivity contribution in [3.63, 3.8) is 0 Å². The summed E-state index contributed by atoms with van der Waals surface area (Å²) in [6.45, 7) is 9.35. The smallest absolute Gasteiger partial charge is 0.0537 e. The van der Waals surface area contributed by atoms with E-state index in [0.717, 1.165) is 26.1 Å². The van der Waals surface area contributed by atoms with Gasteiger partial charge >= 0.3 is 0 Å². The molecule has 0 atom stereocenters. The van der Waals surface area contributed by atoms with Crippen LogP contribution in [0.2, 0.25) is 0 Å². The molecule has 0 spiro atoms. The molecule has 0 unspecified atom stereocenters. The predicted molar refractivity (Wildman–Crippen MR) is 54.7 cm³/mol. The number of nitrogens with zero attached hydrogens (tertiary/aromatic N) is 2. The van der Waals surface area contributed by atoms with Crippen LogP contribution in [-0.4, -0.2) is 16.3 Å². The highest BCUT2D eigenvalue weighted by Gasteiger charge is 2.06. The van der Waals surface area contributed by atoms with Crippen molar-refractivity contribution in [2.75, 3.05) is 6.54 Å². The lowest BCUT2D eigenvalue weighted by Gasteiger charge is -2.05. The van der Waals surface area contributed by atoms with Gasteiger partial charge in [0.1, 0.15) is 0 Å². The molecule has 1 heterocycles. The van der Waals surface area contributed by atoms with Gasteiger partial charge in [-0.15, -0.1) is 0 Å². The number of hydrogen-bond acceptors (Lipinski definition) is 2. The van der Waals surface area contributed by atoms with E-state index in [1.807, 2.05) is 6.20 Å². The van der Waals surface area contributed by atoms with E-state index in [-0.39, 0.29) is 0 Å². The molecule has 0 amide bonds. The van der Waals surface area contributed by atoms with E-state index in [2.05, 4.69) is 35.9 Å². The maximum Gasteiger partial charge on any atom is 0.0537 e. The fraction of sp³-hybridized carbons (Fsp3) is 0.700. The quantitative estimate of drug-likeness (QED) is 0.747. The lowest BCUT2D eigenvalue weighted by molar-refractivity contribution is 0.620. The van der Waals surface area contributed by atoms with Crippen LogP contribution in [0.5, 0.6) is 0 Å². The Kier molecular flexibility index (Phi) is 3.96. The minimum absolute atomic E-state index is 0.944. The van der Waals surface area contributed by atoms with E-state index in [0.29, 0.717) is 0 Å². The maximum atomic E-state index is 4.34. The SMILES string of the molecule is CCNCc1cnn(CC)c1CC. The van der Waals surface area contributed by atoms with Gasteiger partial charge in [0, 0.05) is 24.3 Å². The van der Waals surface area contributed by atoms with E-state index in [4.69, 9.17) is 0 Å². The van der Waals surface area contributed by atoms with E-state index in [9.17, 15) is 0 Å². The van der Waals surface area contributed by atoms with Crippen molar-refractivity contribution in [1.29, 1.82) is 0 Å². The van der Waals surface area contributed by atoms with Crippen LogP contribution in [0.3, 0.4) is 0 Å². The first-order chi connectivity index (χ1) is 6.33. The van der Waals surface area contributed by atoms with E-state index in [1.165, 1.54) is 11.3 Å². The molecule has 0 aliphatic rings. The van der Waals surface area contributed by atoms with Crippen LogP contribution in [0, 0.1) is 0 Å². The molecule has 0 saturated carbocycles. The van der Waals surface area contributed by atoms with Crippen LogP contribution in [0.15, 0.2) is 6.20 Å². The molecule has 0 aliphatic carbocycles. The molecule has 1 aromatic heterocycles. The van der Waals surface area contributed by atoms with Gasteiger partial charge in [-0.05, 0) is 19.9 Å². The molecule has 1 rings (SSSR count). The summed E-state index contributed by atoms with van der Waals surface area (Å²) < 4.78 is 2.08. The van der Waals surface area contributed by atoms with Crippen molar-refractivity contribution in [1.82, 2.24) is 15.1 Å². The lowest BCUT2D eigenvalue weighted by Crippen LogP contribution is -2.13. The molecule has 3 nitrogen and oxygen atoms in total. The summed E-state index contributed by atoms with van der Waals surface area (Å²) in [7, 11) is 0. The molecule has 1 aromatic rings. The molecule has 74 valence electrons. The first kappa shape index (κ1) is 10.3. The van der Waals surface area contributed by atoms with Gasteiger partial charge in [0.25, 0.3) is 0 Å². The number of rotatable bonds is 5. The molecule has 0 aromatic carbocycles. The van der Waals surface area contributed by atoms with Crippen molar-refractivity contribution in [3.05, 3.63) is 17.5 Å². The van der Waals surface area contributed by atoms with Crippen molar-refractivity contribution in [2.45, 2.75) is 40.3 Å². The van der Waals surface area contributed by atoms with Gasteiger partial charge < -0.3 is 5.32 Å². The Morgan fingerprint density at radius 3 is 2.69 bits per heavy atom. The molecular weight excluding hydrogens is 162 g/mol. The van der Waals surface area contributed by atoms with E-state index in [1.54, 1.807) is 0 Å². The van der Waals surface area contributed by atoms with E-state index < -0.39 is 0 Å². The van der Waals surface area contributed by atoms with Crippen molar-refractivity contribution < 1.29 is 0 Å². The Balaban J connectivity index is 2.75. The predicted octanol–water partition coefficient (Wildman–Crippen LogP) is 1.57. The number of nitrogens with one attached hydrogen (secondary N) is 1. The zero-order valence-electron chi connectivity index (χ0n) is 8.80. The van der Waals surface area contributed by atoms with Crippen molar-refractivity contribution in [2.24, 2.45) is 0 Å². The highest BCUT2D eigenvalue weighted by Crippen LogP contribution is 2.08. The van der Waals surface area contributed by atoms with Gasteiger partial charge in [0.2, 0.25) is 0 Å². The molecule has 0 saturated heterocycles. The molecule has 1 N–H and O–H groups in total. The molecule has 3 heteroatoms. The van der Waals surface area contributed by atoms with Gasteiger partial charge in [0.05, 0.1) is 6.20 Å². The Bertz CT molecular complexity index is 253. The molecule has 0 radical (unpaired) electrons. The first-order valence-corrected chi connectivity index (χ1v) is 5.07. The van der Waals surface area contributed by atoms with Crippen LogP contribution < -0.4 is 5.32 Å². The number of hydrogen-bond donors (Lipinski definition) is 1. The zero-order valence-corrected chi connectivity index (χ0v) is 8.80. The average molecular weight is 181 g/mol. The van der Waals surface area contributed by atoms with Crippen LogP contribution in [0.4, 0.5) is 0 Å². The Hall–Kier alpha value is -0.830. The summed E-state index contributed by atoms with van der Waals surface area (Å²) in [5.41, 5.74) is 2.70. The average Bonchev–Trinajstić information content (AvgIpc) is 2.56.